The highest BCUT2D eigenvalue weighted by atomic mass is 35.5. The first-order valence-corrected chi connectivity index (χ1v) is 11.0. The van der Waals surface area contributed by atoms with Gasteiger partial charge >= 0.3 is 0 Å². The molecule has 150 valence electrons. The second-order valence-corrected chi connectivity index (χ2v) is 9.16. The van der Waals surface area contributed by atoms with Gasteiger partial charge in [-0.1, -0.05) is 29.6 Å². The summed E-state index contributed by atoms with van der Waals surface area (Å²) in [5.74, 6) is -0.284. The molecule has 1 saturated heterocycles. The summed E-state index contributed by atoms with van der Waals surface area (Å²) in [5, 5.41) is 3.40. The molecule has 1 N–H and O–H groups in total. The van der Waals surface area contributed by atoms with Crippen molar-refractivity contribution in [2.24, 2.45) is 0 Å². The van der Waals surface area contributed by atoms with E-state index in [1.54, 1.807) is 12.1 Å². The number of ether oxygens (including phenoxy) is 1. The van der Waals surface area contributed by atoms with Crippen molar-refractivity contribution in [2.45, 2.75) is 24.2 Å². The molecular weight excluding hydrogens is 423 g/mol. The summed E-state index contributed by atoms with van der Waals surface area (Å²) in [6.45, 7) is 0.921. The van der Waals surface area contributed by atoms with Crippen molar-refractivity contribution in [1.29, 1.82) is 0 Å². The van der Waals surface area contributed by atoms with Crippen LogP contribution in [0.15, 0.2) is 41.3 Å². The molecule has 1 aliphatic heterocycles. The van der Waals surface area contributed by atoms with Gasteiger partial charge in [0.25, 0.3) is 5.91 Å². The molecule has 9 heteroatoms. The lowest BCUT2D eigenvalue weighted by molar-refractivity contribution is 0.102. The molecule has 6 nitrogen and oxygen atoms in total. The molecule has 28 heavy (non-hydrogen) atoms. The van der Waals surface area contributed by atoms with E-state index in [-0.39, 0.29) is 21.2 Å². The molecular formula is C19H20Cl2N2O4S. The zero-order valence-electron chi connectivity index (χ0n) is 15.2. The van der Waals surface area contributed by atoms with Gasteiger partial charge in [-0.15, -0.1) is 0 Å². The van der Waals surface area contributed by atoms with Gasteiger partial charge in [-0.25, -0.2) is 8.42 Å². The van der Waals surface area contributed by atoms with Crippen molar-refractivity contribution in [3.05, 3.63) is 52.0 Å². The first-order chi connectivity index (χ1) is 13.3. The number of halogens is 2. The molecule has 0 bridgehead atoms. The number of benzene rings is 2. The molecule has 1 heterocycles. The number of amides is 1. The Kier molecular flexibility index (Phi) is 6.50. The highest BCUT2D eigenvalue weighted by Crippen LogP contribution is 2.31. The van der Waals surface area contributed by atoms with E-state index in [1.807, 2.05) is 0 Å². The van der Waals surface area contributed by atoms with Crippen molar-refractivity contribution >= 4 is 44.8 Å². The third-order valence-electron chi connectivity index (χ3n) is 4.54. The SMILES string of the molecule is COc1ccc(C(=O)Nc2ccc(Cl)cc2Cl)cc1S(=O)(=O)N1CCCCC1. The second-order valence-electron chi connectivity index (χ2n) is 6.41. The summed E-state index contributed by atoms with van der Waals surface area (Å²) in [5.41, 5.74) is 0.565. The van der Waals surface area contributed by atoms with Gasteiger partial charge in [-0.2, -0.15) is 4.31 Å². The largest absolute Gasteiger partial charge is 0.495 e. The highest BCUT2D eigenvalue weighted by molar-refractivity contribution is 7.89. The lowest BCUT2D eigenvalue weighted by atomic mass is 10.2. The summed E-state index contributed by atoms with van der Waals surface area (Å²) in [4.78, 5) is 12.6. The fourth-order valence-corrected chi connectivity index (χ4v) is 5.20. The number of methoxy groups -OCH3 is 1. The zero-order chi connectivity index (χ0) is 20.3. The number of sulfonamides is 1. The fourth-order valence-electron chi connectivity index (χ4n) is 3.05. The Hall–Kier alpha value is -1.80. The molecule has 0 radical (unpaired) electrons. The number of hydrogen-bond acceptors (Lipinski definition) is 4. The third-order valence-corrected chi connectivity index (χ3v) is 7.01. The predicted octanol–water partition coefficient (Wildman–Crippen LogP) is 4.43. The highest BCUT2D eigenvalue weighted by Gasteiger charge is 2.29. The van der Waals surface area contributed by atoms with E-state index >= 15 is 0 Å². The van der Waals surface area contributed by atoms with Crippen LogP contribution in [0, 0.1) is 0 Å². The van der Waals surface area contributed by atoms with Gasteiger partial charge in [0.15, 0.2) is 0 Å². The normalized spacial score (nSPS) is 15.2. The lowest BCUT2D eigenvalue weighted by Crippen LogP contribution is -2.35. The third kappa shape index (κ3) is 4.43. The van der Waals surface area contributed by atoms with Crippen molar-refractivity contribution in [2.75, 3.05) is 25.5 Å². The van der Waals surface area contributed by atoms with E-state index in [4.69, 9.17) is 27.9 Å². The van der Waals surface area contributed by atoms with Crippen LogP contribution in [0.2, 0.25) is 10.0 Å². The van der Waals surface area contributed by atoms with Gasteiger partial charge in [-0.05, 0) is 49.2 Å². The van der Waals surface area contributed by atoms with Crippen LogP contribution >= 0.6 is 23.2 Å². The smallest absolute Gasteiger partial charge is 0.255 e. The molecule has 2 aromatic carbocycles. The van der Waals surface area contributed by atoms with E-state index in [1.165, 1.54) is 35.7 Å². The topological polar surface area (TPSA) is 75.7 Å². The summed E-state index contributed by atoms with van der Waals surface area (Å²) in [6, 6.07) is 9.02. The summed E-state index contributed by atoms with van der Waals surface area (Å²) < 4.78 is 32.8. The van der Waals surface area contributed by atoms with Crippen molar-refractivity contribution in [3.8, 4) is 5.75 Å². The number of anilines is 1. The number of nitrogens with one attached hydrogen (secondary N) is 1. The average molecular weight is 443 g/mol. The Morgan fingerprint density at radius 2 is 1.79 bits per heavy atom. The van der Waals surface area contributed by atoms with Crippen LogP contribution in [-0.2, 0) is 10.0 Å². The van der Waals surface area contributed by atoms with Crippen molar-refractivity contribution < 1.29 is 17.9 Å². The van der Waals surface area contributed by atoms with Crippen molar-refractivity contribution in [1.82, 2.24) is 4.31 Å². The van der Waals surface area contributed by atoms with Gasteiger partial charge in [0, 0.05) is 23.7 Å². The molecule has 0 atom stereocenters. The minimum atomic E-state index is -3.76. The summed E-state index contributed by atoms with van der Waals surface area (Å²) in [6.07, 6.45) is 2.64. The molecule has 1 fully saturated rings. The monoisotopic (exact) mass is 442 g/mol. The molecule has 0 spiro atoms. The maximum Gasteiger partial charge on any atom is 0.255 e. The first-order valence-electron chi connectivity index (χ1n) is 8.77. The number of nitrogens with zero attached hydrogens (tertiary/aromatic N) is 1. The van der Waals surface area contributed by atoms with Gasteiger partial charge in [0.05, 0.1) is 17.8 Å². The minimum absolute atomic E-state index is 0.0215. The van der Waals surface area contributed by atoms with E-state index in [0.717, 1.165) is 19.3 Å². The van der Waals surface area contributed by atoms with E-state index in [0.29, 0.717) is 23.8 Å². The van der Waals surface area contributed by atoms with Crippen LogP contribution < -0.4 is 10.1 Å². The van der Waals surface area contributed by atoms with Crippen molar-refractivity contribution in [3.63, 3.8) is 0 Å². The Labute approximate surface area is 174 Å². The molecule has 2 aromatic rings. The zero-order valence-corrected chi connectivity index (χ0v) is 17.6. The molecule has 0 aromatic heterocycles. The predicted molar refractivity (Wildman–Crippen MR) is 110 cm³/mol. The van der Waals surface area contributed by atoms with Crippen LogP contribution in [0.1, 0.15) is 29.6 Å². The minimum Gasteiger partial charge on any atom is -0.495 e. The number of hydrogen-bond donors (Lipinski definition) is 1. The summed E-state index contributed by atoms with van der Waals surface area (Å²) >= 11 is 12.0. The molecule has 1 amide bonds. The Balaban J connectivity index is 1.92. The molecule has 0 aliphatic carbocycles. The molecule has 0 saturated carbocycles. The second kappa shape index (κ2) is 8.69. The van der Waals surface area contributed by atoms with Gasteiger partial charge < -0.3 is 10.1 Å². The van der Waals surface area contributed by atoms with Gasteiger partial charge in [-0.3, -0.25) is 4.79 Å². The first kappa shape index (κ1) is 20.9. The Morgan fingerprint density at radius 1 is 1.07 bits per heavy atom. The van der Waals surface area contributed by atoms with Crippen LogP contribution in [0.25, 0.3) is 0 Å². The standard InChI is InChI=1S/C19H20Cl2N2O4S/c1-27-17-8-5-13(19(24)22-16-7-6-14(20)12-15(16)21)11-18(17)28(25,26)23-9-3-2-4-10-23/h5-8,11-12H,2-4,9-10H2,1H3,(H,22,24). The maximum atomic E-state index is 13.1. The lowest BCUT2D eigenvalue weighted by Gasteiger charge is -2.26. The quantitative estimate of drug-likeness (QED) is 0.742. The van der Waals surface area contributed by atoms with E-state index in [2.05, 4.69) is 5.32 Å². The van der Waals surface area contributed by atoms with E-state index in [9.17, 15) is 13.2 Å². The Bertz CT molecular complexity index is 989. The van der Waals surface area contributed by atoms with Crippen LogP contribution in [-0.4, -0.2) is 38.8 Å². The molecule has 1 aliphatic rings. The maximum absolute atomic E-state index is 13.1. The van der Waals surface area contributed by atoms with Crippen LogP contribution in [0.3, 0.4) is 0 Å². The van der Waals surface area contributed by atoms with Gasteiger partial charge in [0.1, 0.15) is 10.6 Å². The number of rotatable bonds is 5. The average Bonchev–Trinajstić information content (AvgIpc) is 2.70. The summed E-state index contributed by atoms with van der Waals surface area (Å²) in [7, 11) is -2.36. The number of piperidine rings is 1. The number of carbonyl (C=O) groups excluding carboxylic acids is 1. The van der Waals surface area contributed by atoms with Crippen LogP contribution in [0.5, 0.6) is 5.75 Å². The van der Waals surface area contributed by atoms with E-state index < -0.39 is 15.9 Å². The molecule has 0 unspecified atom stereocenters. The van der Waals surface area contributed by atoms with Crippen LogP contribution in [0.4, 0.5) is 5.69 Å². The fraction of sp³-hybridized carbons (Fsp3) is 0.316. The number of carbonyl (C=O) groups is 1. The van der Waals surface area contributed by atoms with Gasteiger partial charge in [0.2, 0.25) is 10.0 Å². The Morgan fingerprint density at radius 3 is 2.43 bits per heavy atom. The molecule has 3 rings (SSSR count).